The maximum atomic E-state index is 12.4. The zero-order valence-electron chi connectivity index (χ0n) is 16.0. The smallest absolute Gasteiger partial charge is 0.356 e. The molecule has 154 valence electrons. The van der Waals surface area contributed by atoms with E-state index in [1.54, 1.807) is 7.05 Å². The van der Waals surface area contributed by atoms with Crippen LogP contribution in [-0.2, 0) is 0 Å². The highest BCUT2D eigenvalue weighted by Crippen LogP contribution is 2.36. The minimum absolute atomic E-state index is 0. The van der Waals surface area contributed by atoms with E-state index in [1.807, 2.05) is 0 Å². The van der Waals surface area contributed by atoms with Crippen molar-refractivity contribution < 1.29 is 13.2 Å². The van der Waals surface area contributed by atoms with E-state index in [9.17, 15) is 13.2 Å². The number of rotatable bonds is 6. The molecule has 2 fully saturated rings. The molecule has 1 aliphatic carbocycles. The first kappa shape index (κ1) is 23.8. The van der Waals surface area contributed by atoms with Gasteiger partial charge >= 0.3 is 6.18 Å². The average molecular weight is 490 g/mol. The molecule has 1 heterocycles. The van der Waals surface area contributed by atoms with E-state index in [0.717, 1.165) is 38.3 Å². The number of piperidine rings is 1. The van der Waals surface area contributed by atoms with Crippen molar-refractivity contribution in [3.63, 3.8) is 0 Å². The second-order valence-corrected chi connectivity index (χ2v) is 7.99. The lowest BCUT2D eigenvalue weighted by molar-refractivity contribution is -0.148. The van der Waals surface area contributed by atoms with Crippen molar-refractivity contribution in [1.82, 2.24) is 15.5 Å². The highest BCUT2D eigenvalue weighted by atomic mass is 127. The van der Waals surface area contributed by atoms with Gasteiger partial charge in [-0.05, 0) is 56.5 Å². The number of aliphatic imine (C=N–C) groups is 1. The van der Waals surface area contributed by atoms with Crippen LogP contribution in [0.4, 0.5) is 13.2 Å². The van der Waals surface area contributed by atoms with Crippen LogP contribution < -0.4 is 10.6 Å². The van der Waals surface area contributed by atoms with Crippen molar-refractivity contribution in [3.05, 3.63) is 0 Å². The molecule has 4 nitrogen and oxygen atoms in total. The first-order valence-corrected chi connectivity index (χ1v) is 9.53. The third-order valence-corrected chi connectivity index (χ3v) is 5.67. The van der Waals surface area contributed by atoms with Gasteiger partial charge in [-0.3, -0.25) is 9.89 Å². The monoisotopic (exact) mass is 490 g/mol. The molecule has 1 saturated heterocycles. The van der Waals surface area contributed by atoms with Crippen LogP contribution in [0.25, 0.3) is 0 Å². The van der Waals surface area contributed by atoms with E-state index in [0.29, 0.717) is 24.4 Å². The fourth-order valence-corrected chi connectivity index (χ4v) is 4.00. The zero-order chi connectivity index (χ0) is 18.3. The summed E-state index contributed by atoms with van der Waals surface area (Å²) < 4.78 is 37.2. The normalized spacial score (nSPS) is 22.1. The number of halogens is 4. The number of nitrogens with zero attached hydrogens (tertiary/aromatic N) is 2. The molecule has 8 heteroatoms. The van der Waals surface area contributed by atoms with Gasteiger partial charge in [-0.25, -0.2) is 0 Å². The molecule has 26 heavy (non-hydrogen) atoms. The summed E-state index contributed by atoms with van der Waals surface area (Å²) in [7, 11) is 1.78. The van der Waals surface area contributed by atoms with Crippen molar-refractivity contribution in [2.45, 2.75) is 58.0 Å². The van der Waals surface area contributed by atoms with Crippen molar-refractivity contribution >= 4 is 29.9 Å². The van der Waals surface area contributed by atoms with Gasteiger partial charge in [0.25, 0.3) is 0 Å². The molecule has 1 aliphatic heterocycles. The molecule has 0 atom stereocenters. The van der Waals surface area contributed by atoms with Crippen molar-refractivity contribution in [2.24, 2.45) is 16.3 Å². The summed E-state index contributed by atoms with van der Waals surface area (Å²) in [6.07, 6.45) is 3.78. The van der Waals surface area contributed by atoms with Gasteiger partial charge in [0.1, 0.15) is 0 Å². The first-order chi connectivity index (χ1) is 11.8. The van der Waals surface area contributed by atoms with Crippen molar-refractivity contribution in [2.75, 3.05) is 39.8 Å². The van der Waals surface area contributed by atoms with Crippen LogP contribution in [0, 0.1) is 11.3 Å². The molecule has 2 N–H and O–H groups in total. The Labute approximate surface area is 172 Å². The highest BCUT2D eigenvalue weighted by molar-refractivity contribution is 14.0. The Morgan fingerprint density at radius 1 is 1.15 bits per heavy atom. The van der Waals surface area contributed by atoms with Crippen molar-refractivity contribution in [1.29, 1.82) is 0 Å². The van der Waals surface area contributed by atoms with Gasteiger partial charge in [-0.1, -0.05) is 19.8 Å². The minimum Gasteiger partial charge on any atom is -0.356 e. The molecule has 0 aromatic carbocycles. The molecule has 1 saturated carbocycles. The largest absolute Gasteiger partial charge is 0.401 e. The van der Waals surface area contributed by atoms with Gasteiger partial charge in [0, 0.05) is 20.1 Å². The van der Waals surface area contributed by atoms with Crippen LogP contribution in [0.5, 0.6) is 0 Å². The second kappa shape index (κ2) is 10.9. The number of alkyl halides is 3. The van der Waals surface area contributed by atoms with E-state index >= 15 is 0 Å². The standard InChI is InChI=1S/C18H33F3N4.HI/c1-17(8-3-4-9-17)13-24-16(22-2)23-10-5-15-6-11-25(12-7-15)14-18(19,20)21;/h15H,3-14H2,1-2H3,(H2,22,23,24);1H. The summed E-state index contributed by atoms with van der Waals surface area (Å²) in [4.78, 5) is 5.80. The topological polar surface area (TPSA) is 39.7 Å². The van der Waals surface area contributed by atoms with Crippen LogP contribution >= 0.6 is 24.0 Å². The molecule has 0 amide bonds. The van der Waals surface area contributed by atoms with Gasteiger partial charge in [0.2, 0.25) is 0 Å². The quantitative estimate of drug-likeness (QED) is 0.336. The SMILES string of the molecule is CN=C(NCCC1CCN(CC(F)(F)F)CC1)NCC1(C)CCCC1.I. The van der Waals surface area contributed by atoms with Gasteiger partial charge in [0.15, 0.2) is 5.96 Å². The summed E-state index contributed by atoms with van der Waals surface area (Å²) in [5.41, 5.74) is 0.378. The van der Waals surface area contributed by atoms with Gasteiger partial charge in [-0.15, -0.1) is 24.0 Å². The van der Waals surface area contributed by atoms with E-state index < -0.39 is 12.7 Å². The number of hydrogen-bond donors (Lipinski definition) is 2. The average Bonchev–Trinajstić information content (AvgIpc) is 2.98. The molecule has 0 unspecified atom stereocenters. The molecular weight excluding hydrogens is 456 g/mol. The summed E-state index contributed by atoms with van der Waals surface area (Å²) in [5, 5.41) is 6.78. The van der Waals surface area contributed by atoms with Gasteiger partial charge < -0.3 is 10.6 Å². The van der Waals surface area contributed by atoms with Gasteiger partial charge in [-0.2, -0.15) is 13.2 Å². The second-order valence-electron chi connectivity index (χ2n) is 7.99. The van der Waals surface area contributed by atoms with E-state index in [1.165, 1.54) is 30.6 Å². The predicted octanol–water partition coefficient (Wildman–Crippen LogP) is 4.01. The molecular formula is C18H34F3IN4. The Hall–Kier alpha value is -0.250. The highest BCUT2D eigenvalue weighted by Gasteiger charge is 2.32. The Kier molecular flexibility index (Phi) is 9.99. The third kappa shape index (κ3) is 8.63. The Balaban J connectivity index is 0.00000338. The number of hydrogen-bond acceptors (Lipinski definition) is 2. The number of guanidine groups is 1. The van der Waals surface area contributed by atoms with Crippen LogP contribution in [0.1, 0.15) is 51.9 Å². The summed E-state index contributed by atoms with van der Waals surface area (Å²) in [5.74, 6) is 1.34. The lowest BCUT2D eigenvalue weighted by atomic mass is 9.89. The van der Waals surface area contributed by atoms with E-state index in [-0.39, 0.29) is 24.0 Å². The lowest BCUT2D eigenvalue weighted by Gasteiger charge is -2.32. The molecule has 2 aliphatic rings. The van der Waals surface area contributed by atoms with E-state index in [2.05, 4.69) is 22.5 Å². The fraction of sp³-hybridized carbons (Fsp3) is 0.944. The number of nitrogens with one attached hydrogen (secondary N) is 2. The molecule has 2 rings (SSSR count). The fourth-order valence-electron chi connectivity index (χ4n) is 4.00. The molecule has 0 aromatic rings. The molecule has 0 aromatic heterocycles. The van der Waals surface area contributed by atoms with Crippen molar-refractivity contribution in [3.8, 4) is 0 Å². The van der Waals surface area contributed by atoms with Crippen LogP contribution in [-0.4, -0.2) is 56.8 Å². The summed E-state index contributed by atoms with van der Waals surface area (Å²) in [6, 6.07) is 0. The Bertz CT molecular complexity index is 429. The minimum atomic E-state index is -4.08. The molecule has 0 bridgehead atoms. The summed E-state index contributed by atoms with van der Waals surface area (Å²) >= 11 is 0. The predicted molar refractivity (Wildman–Crippen MR) is 111 cm³/mol. The molecule has 0 spiro atoms. The van der Waals surface area contributed by atoms with Gasteiger partial charge in [0.05, 0.1) is 6.54 Å². The maximum Gasteiger partial charge on any atom is 0.401 e. The van der Waals surface area contributed by atoms with Crippen LogP contribution in [0.3, 0.4) is 0 Å². The summed E-state index contributed by atoms with van der Waals surface area (Å²) in [6.45, 7) is 4.43. The zero-order valence-corrected chi connectivity index (χ0v) is 18.3. The number of likely N-dealkylation sites (tertiary alicyclic amines) is 1. The van der Waals surface area contributed by atoms with Crippen LogP contribution in [0.2, 0.25) is 0 Å². The Morgan fingerprint density at radius 2 is 1.77 bits per heavy atom. The molecule has 0 radical (unpaired) electrons. The first-order valence-electron chi connectivity index (χ1n) is 9.53. The van der Waals surface area contributed by atoms with Crippen LogP contribution in [0.15, 0.2) is 4.99 Å². The Morgan fingerprint density at radius 3 is 2.31 bits per heavy atom. The lowest BCUT2D eigenvalue weighted by Crippen LogP contribution is -2.43. The maximum absolute atomic E-state index is 12.4. The van der Waals surface area contributed by atoms with E-state index in [4.69, 9.17) is 0 Å². The third-order valence-electron chi connectivity index (χ3n) is 5.67.